The van der Waals surface area contributed by atoms with Crippen LogP contribution >= 0.6 is 11.6 Å². The van der Waals surface area contributed by atoms with Gasteiger partial charge >= 0.3 is 5.97 Å². The first-order valence-electron chi connectivity index (χ1n) is 5.30. The Kier molecular flexibility index (Phi) is 5.22. The Bertz CT molecular complexity index is 536. The van der Waals surface area contributed by atoms with E-state index in [1.807, 2.05) is 0 Å². The van der Waals surface area contributed by atoms with Crippen LogP contribution in [0.5, 0.6) is 5.75 Å². The second-order valence-corrected chi connectivity index (χ2v) is 4.05. The normalized spacial score (nSPS) is 11.2. The molecule has 0 aliphatic rings. The van der Waals surface area contributed by atoms with Gasteiger partial charge in [0.15, 0.2) is 0 Å². The van der Waals surface area contributed by atoms with Crippen molar-refractivity contribution in [3.63, 3.8) is 0 Å². The number of nitrogens with one attached hydrogen (secondary N) is 1. The lowest BCUT2D eigenvalue weighted by Gasteiger charge is -2.13. The van der Waals surface area contributed by atoms with Gasteiger partial charge in [-0.25, -0.2) is 4.79 Å². The minimum absolute atomic E-state index is 0.107. The van der Waals surface area contributed by atoms with Gasteiger partial charge in [-0.2, -0.15) is 0 Å². The van der Waals surface area contributed by atoms with E-state index in [0.29, 0.717) is 10.8 Å². The highest BCUT2D eigenvalue weighted by Crippen LogP contribution is 2.22. The Balaban J connectivity index is 2.97. The fourth-order valence-corrected chi connectivity index (χ4v) is 1.58. The average Bonchev–Trinajstić information content (AvgIpc) is 2.37. The molecule has 0 radical (unpaired) electrons. The number of aliphatic carboxylic acids is 1. The fourth-order valence-electron chi connectivity index (χ4n) is 1.41. The summed E-state index contributed by atoms with van der Waals surface area (Å²) in [5.41, 5.74) is 0.151. The lowest BCUT2D eigenvalue weighted by Crippen LogP contribution is -2.40. The van der Waals surface area contributed by atoms with E-state index in [-0.39, 0.29) is 12.0 Å². The number of rotatable bonds is 5. The molecule has 0 spiro atoms. The molecule has 2 N–H and O–H groups in total. The molecule has 0 aliphatic carbocycles. The van der Waals surface area contributed by atoms with Crippen molar-refractivity contribution < 1.29 is 19.4 Å². The zero-order valence-corrected chi connectivity index (χ0v) is 10.9. The summed E-state index contributed by atoms with van der Waals surface area (Å²) < 4.78 is 5.02. The van der Waals surface area contributed by atoms with Crippen LogP contribution in [0.3, 0.4) is 0 Å². The van der Waals surface area contributed by atoms with Crippen LogP contribution in [-0.2, 0) is 4.79 Å². The smallest absolute Gasteiger partial charge is 0.327 e. The van der Waals surface area contributed by atoms with Crippen molar-refractivity contribution in [2.45, 2.75) is 12.5 Å². The molecule has 0 saturated heterocycles. The summed E-state index contributed by atoms with van der Waals surface area (Å²) in [5, 5.41) is 11.6. The second-order valence-electron chi connectivity index (χ2n) is 3.62. The minimum atomic E-state index is -1.20. The van der Waals surface area contributed by atoms with E-state index in [9.17, 15) is 9.59 Å². The summed E-state index contributed by atoms with van der Waals surface area (Å²) in [6.45, 7) is 0. The first kappa shape index (κ1) is 14.9. The van der Waals surface area contributed by atoms with Gasteiger partial charge in [0, 0.05) is 11.4 Å². The number of hydrogen-bond acceptors (Lipinski definition) is 3. The third-order valence-electron chi connectivity index (χ3n) is 2.33. The largest absolute Gasteiger partial charge is 0.496 e. The number of amides is 1. The van der Waals surface area contributed by atoms with Crippen LogP contribution in [0.2, 0.25) is 5.02 Å². The third-order valence-corrected chi connectivity index (χ3v) is 2.57. The molecule has 0 bridgehead atoms. The molecule has 100 valence electrons. The highest BCUT2D eigenvalue weighted by atomic mass is 35.5. The maximum Gasteiger partial charge on any atom is 0.327 e. The number of carbonyl (C=O) groups is 2. The van der Waals surface area contributed by atoms with Crippen LogP contribution < -0.4 is 10.1 Å². The lowest BCUT2D eigenvalue weighted by atomic mass is 10.1. The van der Waals surface area contributed by atoms with E-state index in [4.69, 9.17) is 27.9 Å². The Hall–Kier alpha value is -2.19. The molecule has 0 aromatic heterocycles. The van der Waals surface area contributed by atoms with Gasteiger partial charge in [0.2, 0.25) is 0 Å². The molecule has 0 fully saturated rings. The van der Waals surface area contributed by atoms with E-state index in [1.54, 1.807) is 6.07 Å². The topological polar surface area (TPSA) is 75.6 Å². The van der Waals surface area contributed by atoms with Crippen LogP contribution in [0.1, 0.15) is 16.8 Å². The molecule has 1 unspecified atom stereocenters. The third kappa shape index (κ3) is 3.90. The summed E-state index contributed by atoms with van der Waals surface area (Å²) in [4.78, 5) is 22.9. The molecule has 1 amide bonds. The average molecular weight is 282 g/mol. The van der Waals surface area contributed by atoms with Gasteiger partial charge in [-0.05, 0) is 18.2 Å². The second kappa shape index (κ2) is 6.66. The number of methoxy groups -OCH3 is 1. The summed E-state index contributed by atoms with van der Waals surface area (Å²) in [6.07, 6.45) is 4.94. The van der Waals surface area contributed by atoms with Crippen LogP contribution in [0.25, 0.3) is 0 Å². The minimum Gasteiger partial charge on any atom is -0.496 e. The molecular formula is C13H12ClNO4. The first-order valence-corrected chi connectivity index (χ1v) is 5.68. The number of halogens is 1. The SMILES string of the molecule is C#CCC(NC(=O)c1cc(Cl)ccc1OC)C(=O)O. The van der Waals surface area contributed by atoms with Gasteiger partial charge in [0.25, 0.3) is 5.91 Å². The lowest BCUT2D eigenvalue weighted by molar-refractivity contribution is -0.139. The molecule has 5 nitrogen and oxygen atoms in total. The van der Waals surface area contributed by atoms with Gasteiger partial charge in [-0.3, -0.25) is 4.79 Å². The van der Waals surface area contributed by atoms with E-state index < -0.39 is 17.9 Å². The molecule has 0 saturated carbocycles. The molecule has 1 aromatic carbocycles. The molecule has 0 aliphatic heterocycles. The number of carbonyl (C=O) groups excluding carboxylic acids is 1. The van der Waals surface area contributed by atoms with Crippen LogP contribution in [0.15, 0.2) is 18.2 Å². The highest BCUT2D eigenvalue weighted by molar-refractivity contribution is 6.31. The van der Waals surface area contributed by atoms with Gasteiger partial charge in [0.1, 0.15) is 11.8 Å². The van der Waals surface area contributed by atoms with Crippen LogP contribution in [-0.4, -0.2) is 30.1 Å². The monoisotopic (exact) mass is 281 g/mol. The summed E-state index contributed by atoms with van der Waals surface area (Å²) in [7, 11) is 1.40. The van der Waals surface area contributed by atoms with Crippen molar-refractivity contribution in [2.24, 2.45) is 0 Å². The predicted octanol–water partition coefficient (Wildman–Crippen LogP) is 1.55. The van der Waals surface area contributed by atoms with Gasteiger partial charge in [0.05, 0.1) is 12.7 Å². The number of carboxylic acids is 1. The van der Waals surface area contributed by atoms with E-state index in [1.165, 1.54) is 19.2 Å². The van der Waals surface area contributed by atoms with Crippen molar-refractivity contribution in [2.75, 3.05) is 7.11 Å². The molecule has 0 heterocycles. The van der Waals surface area contributed by atoms with Crippen molar-refractivity contribution in [1.82, 2.24) is 5.32 Å². The molecular weight excluding hydrogens is 270 g/mol. The molecule has 6 heteroatoms. The van der Waals surface area contributed by atoms with Crippen molar-refractivity contribution in [1.29, 1.82) is 0 Å². The number of ether oxygens (including phenoxy) is 1. The first-order chi connectivity index (χ1) is 8.99. The van der Waals surface area contributed by atoms with E-state index in [0.717, 1.165) is 0 Å². The maximum atomic E-state index is 12.0. The standard InChI is InChI=1S/C13H12ClNO4/c1-3-4-10(13(17)18)15-12(16)9-7-8(14)5-6-11(9)19-2/h1,5-7,10H,4H2,2H3,(H,15,16)(H,17,18). The number of terminal acetylenes is 1. The maximum absolute atomic E-state index is 12.0. The van der Waals surface area contributed by atoms with Crippen molar-refractivity contribution in [3.05, 3.63) is 28.8 Å². The van der Waals surface area contributed by atoms with Crippen LogP contribution in [0, 0.1) is 12.3 Å². The van der Waals surface area contributed by atoms with Gasteiger partial charge in [-0.1, -0.05) is 11.6 Å². The zero-order chi connectivity index (χ0) is 14.4. The Morgan fingerprint density at radius 1 is 1.58 bits per heavy atom. The number of hydrogen-bond donors (Lipinski definition) is 2. The Morgan fingerprint density at radius 3 is 2.79 bits per heavy atom. The highest BCUT2D eigenvalue weighted by Gasteiger charge is 2.21. The molecule has 1 aromatic rings. The van der Waals surface area contributed by atoms with Crippen LogP contribution in [0.4, 0.5) is 0 Å². The molecule has 1 atom stereocenters. The van der Waals surface area contributed by atoms with Gasteiger partial charge in [-0.15, -0.1) is 12.3 Å². The fraction of sp³-hybridized carbons (Fsp3) is 0.231. The predicted molar refractivity (Wildman–Crippen MR) is 70.3 cm³/mol. The summed E-state index contributed by atoms with van der Waals surface area (Å²) >= 11 is 5.79. The summed E-state index contributed by atoms with van der Waals surface area (Å²) in [6, 6.07) is 3.33. The van der Waals surface area contributed by atoms with Gasteiger partial charge < -0.3 is 15.2 Å². The number of carboxylic acid groups (broad SMARTS) is 1. The van der Waals surface area contributed by atoms with E-state index >= 15 is 0 Å². The number of benzene rings is 1. The molecule has 1 rings (SSSR count). The zero-order valence-electron chi connectivity index (χ0n) is 10.1. The Morgan fingerprint density at radius 2 is 2.26 bits per heavy atom. The van der Waals surface area contributed by atoms with Crippen molar-refractivity contribution >= 4 is 23.5 Å². The quantitative estimate of drug-likeness (QED) is 0.803. The summed E-state index contributed by atoms with van der Waals surface area (Å²) in [5.74, 6) is 0.680. The molecule has 19 heavy (non-hydrogen) atoms. The van der Waals surface area contributed by atoms with E-state index in [2.05, 4.69) is 11.2 Å². The van der Waals surface area contributed by atoms with Crippen molar-refractivity contribution in [3.8, 4) is 18.1 Å². The Labute approximate surface area is 115 Å².